The van der Waals surface area contributed by atoms with E-state index in [2.05, 4.69) is 6.92 Å². The minimum absolute atomic E-state index is 0. The van der Waals surface area contributed by atoms with Crippen LogP contribution in [0.25, 0.3) is 0 Å². The summed E-state index contributed by atoms with van der Waals surface area (Å²) in [6.45, 7) is 2.06. The van der Waals surface area contributed by atoms with Crippen LogP contribution in [0.1, 0.15) is 19.8 Å². The van der Waals surface area contributed by atoms with E-state index in [1.54, 1.807) is 0 Å². The topological polar surface area (TPSA) is 52.0 Å². The second kappa shape index (κ2) is 6.61. The molecule has 0 rings (SSSR count). The van der Waals surface area contributed by atoms with E-state index in [9.17, 15) is 0 Å². The average Bonchev–Trinajstić information content (AvgIpc) is 1.35. The first-order valence-electron chi connectivity index (χ1n) is 2.28. The number of hydrogen-bond donors (Lipinski definition) is 2. The van der Waals surface area contributed by atoms with Gasteiger partial charge in [-0.3, -0.25) is 0 Å². The Morgan fingerprint density at radius 1 is 1.43 bits per heavy atom. The minimum Gasteiger partial charge on any atom is -0.316 e. The van der Waals surface area contributed by atoms with Crippen LogP contribution in [0.2, 0.25) is 0 Å². The smallest absolute Gasteiger partial charge is 0.0520 e. The molecule has 0 heterocycles. The molecule has 0 bridgehead atoms. The predicted octanol–water partition coefficient (Wildman–Crippen LogP) is 0.0275. The molecule has 0 aromatic carbocycles. The van der Waals surface area contributed by atoms with E-state index in [1.807, 2.05) is 0 Å². The van der Waals surface area contributed by atoms with Crippen LogP contribution in [0.4, 0.5) is 0 Å². The van der Waals surface area contributed by atoms with Crippen LogP contribution in [-0.4, -0.2) is 6.17 Å². The van der Waals surface area contributed by atoms with Gasteiger partial charge in [0, 0.05) is 21.1 Å². The Kier molecular flexibility index (Phi) is 9.97. The molecule has 0 radical (unpaired) electrons. The van der Waals surface area contributed by atoms with Crippen molar-refractivity contribution >= 4 is 0 Å². The molecule has 3 heteroatoms. The molecule has 48 valence electrons. The van der Waals surface area contributed by atoms with Gasteiger partial charge < -0.3 is 11.5 Å². The van der Waals surface area contributed by atoms with Crippen molar-refractivity contribution in [3.05, 3.63) is 0 Å². The molecule has 0 saturated carbocycles. The van der Waals surface area contributed by atoms with Crippen LogP contribution in [0.15, 0.2) is 0 Å². The summed E-state index contributed by atoms with van der Waals surface area (Å²) in [5, 5.41) is 0. The van der Waals surface area contributed by atoms with E-state index >= 15 is 0 Å². The van der Waals surface area contributed by atoms with Crippen LogP contribution in [0, 0.1) is 0 Å². The van der Waals surface area contributed by atoms with Gasteiger partial charge in [-0.15, -0.1) is 0 Å². The van der Waals surface area contributed by atoms with E-state index in [-0.39, 0.29) is 27.2 Å². The van der Waals surface area contributed by atoms with Crippen molar-refractivity contribution in [2.24, 2.45) is 11.5 Å². The molecular formula is C4H12N2Pt. The number of nitrogens with two attached hydrogens (primary N) is 2. The fraction of sp³-hybridized carbons (Fsp3) is 1.00. The van der Waals surface area contributed by atoms with Gasteiger partial charge in [0.2, 0.25) is 0 Å². The van der Waals surface area contributed by atoms with Crippen molar-refractivity contribution in [3.8, 4) is 0 Å². The van der Waals surface area contributed by atoms with Gasteiger partial charge in [-0.1, -0.05) is 13.3 Å². The normalized spacial score (nSPS) is 8.57. The van der Waals surface area contributed by atoms with Gasteiger partial charge in [-0.25, -0.2) is 0 Å². The molecule has 0 amide bonds. The van der Waals surface area contributed by atoms with Crippen LogP contribution in [-0.2, 0) is 21.1 Å². The summed E-state index contributed by atoms with van der Waals surface area (Å²) in [4.78, 5) is 0. The number of rotatable bonds is 2. The van der Waals surface area contributed by atoms with Gasteiger partial charge >= 0.3 is 0 Å². The van der Waals surface area contributed by atoms with E-state index in [0.29, 0.717) is 0 Å². The van der Waals surface area contributed by atoms with Gasteiger partial charge in [0.05, 0.1) is 6.17 Å². The third kappa shape index (κ3) is 10.8. The van der Waals surface area contributed by atoms with Crippen molar-refractivity contribution in [1.29, 1.82) is 0 Å². The van der Waals surface area contributed by atoms with E-state index < -0.39 is 0 Å². The Labute approximate surface area is 58.9 Å². The molecule has 0 unspecified atom stereocenters. The Hall–Kier alpha value is 0.608. The summed E-state index contributed by atoms with van der Waals surface area (Å²) in [7, 11) is 0. The fourth-order valence-corrected chi connectivity index (χ4v) is 0.333. The Bertz CT molecular complexity index is 30.9. The first-order chi connectivity index (χ1) is 2.77. The molecule has 0 aromatic rings. The summed E-state index contributed by atoms with van der Waals surface area (Å²) in [5.74, 6) is 0. The van der Waals surface area contributed by atoms with Gasteiger partial charge in [-0.05, 0) is 6.42 Å². The van der Waals surface area contributed by atoms with Crippen molar-refractivity contribution < 1.29 is 21.1 Å². The predicted molar refractivity (Wildman–Crippen MR) is 27.1 cm³/mol. The molecule has 0 aliphatic rings. The zero-order valence-corrected chi connectivity index (χ0v) is 6.73. The average molecular weight is 283 g/mol. The molecule has 0 aromatic heterocycles. The molecular weight excluding hydrogens is 271 g/mol. The van der Waals surface area contributed by atoms with Crippen LogP contribution in [0.5, 0.6) is 0 Å². The maximum Gasteiger partial charge on any atom is 0.0520 e. The largest absolute Gasteiger partial charge is 0.316 e. The molecule has 2 nitrogen and oxygen atoms in total. The van der Waals surface area contributed by atoms with Gasteiger partial charge in [0.25, 0.3) is 0 Å². The van der Waals surface area contributed by atoms with Gasteiger partial charge in [-0.2, -0.15) is 0 Å². The standard InChI is InChI=1S/C4H12N2.Pt/c1-2-3-4(5)6;/h4H,2-3,5-6H2,1H3;. The second-order valence-electron chi connectivity index (χ2n) is 1.45. The van der Waals surface area contributed by atoms with E-state index in [1.165, 1.54) is 0 Å². The summed E-state index contributed by atoms with van der Waals surface area (Å²) in [5.41, 5.74) is 10.4. The fourth-order valence-electron chi connectivity index (χ4n) is 0.333. The Balaban J connectivity index is 0. The first kappa shape index (κ1) is 10.6. The monoisotopic (exact) mass is 283 g/mol. The molecule has 0 atom stereocenters. The maximum absolute atomic E-state index is 5.18. The van der Waals surface area contributed by atoms with Crippen molar-refractivity contribution in [3.63, 3.8) is 0 Å². The summed E-state index contributed by atoms with van der Waals surface area (Å²) >= 11 is 0. The quantitative estimate of drug-likeness (QED) is 0.702. The Morgan fingerprint density at radius 3 is 1.86 bits per heavy atom. The second-order valence-corrected chi connectivity index (χ2v) is 1.45. The molecule has 0 fully saturated rings. The van der Waals surface area contributed by atoms with Crippen molar-refractivity contribution in [2.45, 2.75) is 25.9 Å². The SMILES string of the molecule is CCCC(N)N.[Pt]. The first-order valence-corrected chi connectivity index (χ1v) is 2.28. The summed E-state index contributed by atoms with van der Waals surface area (Å²) in [6.07, 6.45) is 1.91. The molecule has 0 saturated heterocycles. The van der Waals surface area contributed by atoms with Gasteiger partial charge in [0.15, 0.2) is 0 Å². The van der Waals surface area contributed by atoms with Crippen LogP contribution >= 0.6 is 0 Å². The summed E-state index contributed by atoms with van der Waals surface area (Å²) in [6, 6.07) is 0. The van der Waals surface area contributed by atoms with Crippen molar-refractivity contribution in [1.82, 2.24) is 0 Å². The van der Waals surface area contributed by atoms with Gasteiger partial charge in [0.1, 0.15) is 0 Å². The third-order valence-electron chi connectivity index (χ3n) is 0.622. The molecule has 0 aliphatic carbocycles. The molecule has 4 N–H and O–H groups in total. The molecule has 0 aliphatic heterocycles. The zero-order valence-electron chi connectivity index (χ0n) is 4.46. The van der Waals surface area contributed by atoms with E-state index in [4.69, 9.17) is 11.5 Å². The Morgan fingerprint density at radius 2 is 1.86 bits per heavy atom. The summed E-state index contributed by atoms with van der Waals surface area (Å²) < 4.78 is 0. The number of hydrogen-bond acceptors (Lipinski definition) is 2. The van der Waals surface area contributed by atoms with Crippen LogP contribution in [0.3, 0.4) is 0 Å². The maximum atomic E-state index is 5.18. The zero-order chi connectivity index (χ0) is 4.99. The minimum atomic E-state index is -0.102. The third-order valence-corrected chi connectivity index (χ3v) is 0.622. The molecule has 0 spiro atoms. The molecule has 7 heavy (non-hydrogen) atoms. The van der Waals surface area contributed by atoms with Crippen LogP contribution < -0.4 is 11.5 Å². The van der Waals surface area contributed by atoms with E-state index in [0.717, 1.165) is 12.8 Å². The van der Waals surface area contributed by atoms with Crippen molar-refractivity contribution in [2.75, 3.05) is 0 Å².